The number of benzene rings is 1. The first-order chi connectivity index (χ1) is 12.2. The van der Waals surface area contributed by atoms with E-state index in [4.69, 9.17) is 9.47 Å². The van der Waals surface area contributed by atoms with Gasteiger partial charge in [0.1, 0.15) is 18.5 Å². The van der Waals surface area contributed by atoms with Crippen LogP contribution in [0, 0.1) is 0 Å². The normalized spacial score (nSPS) is 15.3. The molecule has 0 radical (unpaired) electrons. The van der Waals surface area contributed by atoms with Gasteiger partial charge in [-0.3, -0.25) is 0 Å². The zero-order valence-electron chi connectivity index (χ0n) is 14.9. The number of hydrogen-bond acceptors (Lipinski definition) is 3. The molecule has 5 nitrogen and oxygen atoms in total. The molecule has 1 heterocycles. The van der Waals surface area contributed by atoms with E-state index in [2.05, 4.69) is 0 Å². The molecule has 0 unspecified atom stereocenters. The van der Waals surface area contributed by atoms with E-state index in [-0.39, 0.29) is 5.56 Å². The number of aromatic nitrogens is 2. The Morgan fingerprint density at radius 1 is 1.27 bits per heavy atom. The molecule has 0 saturated carbocycles. The zero-order valence-corrected chi connectivity index (χ0v) is 14.9. The number of carbonyl (C=O) groups is 1. The standard InChI is InChI=1S/C18H22F3N2O3/c1-14(9-10-23-12-11-22(2)13-23)26-16(24)17(25-3,18(19,20)21)15-7-5-4-6-8-15/h4-8,11-14H,9-10H2,1-3H3/q+1/t14-,17-/m1/s1. The van der Waals surface area contributed by atoms with E-state index in [1.165, 1.54) is 24.3 Å². The molecular weight excluding hydrogens is 349 g/mol. The van der Waals surface area contributed by atoms with Crippen LogP contribution >= 0.6 is 0 Å². The van der Waals surface area contributed by atoms with Crippen LogP contribution in [0.25, 0.3) is 0 Å². The fraction of sp³-hybridized carbons (Fsp3) is 0.444. The maximum atomic E-state index is 13.8. The third-order valence-corrected chi connectivity index (χ3v) is 4.10. The molecule has 0 aliphatic heterocycles. The summed E-state index contributed by atoms with van der Waals surface area (Å²) in [7, 11) is 2.71. The van der Waals surface area contributed by atoms with Crippen LogP contribution in [0.1, 0.15) is 18.9 Å². The van der Waals surface area contributed by atoms with E-state index in [9.17, 15) is 18.0 Å². The van der Waals surface area contributed by atoms with Gasteiger partial charge in [0.2, 0.25) is 6.33 Å². The first kappa shape index (κ1) is 20.0. The summed E-state index contributed by atoms with van der Waals surface area (Å²) in [5.74, 6) is -1.47. The van der Waals surface area contributed by atoms with Gasteiger partial charge in [-0.05, 0) is 6.92 Å². The number of halogens is 3. The Labute approximate surface area is 150 Å². The highest BCUT2D eigenvalue weighted by molar-refractivity contribution is 5.82. The average Bonchev–Trinajstić information content (AvgIpc) is 2.99. The molecule has 0 N–H and O–H groups in total. The summed E-state index contributed by atoms with van der Waals surface area (Å²) in [4.78, 5) is 12.5. The SMILES string of the molecule is CO[C@@](C(=O)O[C@H](C)CCn1cc[n+](C)c1)(c1ccccc1)C(F)(F)F. The lowest BCUT2D eigenvalue weighted by atomic mass is 9.92. The topological polar surface area (TPSA) is 44.3 Å². The quantitative estimate of drug-likeness (QED) is 0.555. The number of nitrogens with zero attached hydrogens (tertiary/aromatic N) is 2. The fourth-order valence-electron chi connectivity index (χ4n) is 2.68. The Kier molecular flexibility index (Phi) is 6.07. The molecule has 0 amide bonds. The molecule has 1 aromatic heterocycles. The summed E-state index contributed by atoms with van der Waals surface area (Å²) in [5.41, 5.74) is -3.47. The van der Waals surface area contributed by atoms with Gasteiger partial charge in [0, 0.05) is 19.1 Å². The van der Waals surface area contributed by atoms with Crippen molar-refractivity contribution < 1.29 is 32.0 Å². The summed E-state index contributed by atoms with van der Waals surface area (Å²) in [6.07, 6.45) is 0.185. The Morgan fingerprint density at radius 2 is 1.92 bits per heavy atom. The Hall–Kier alpha value is -2.35. The van der Waals surface area contributed by atoms with Crippen LogP contribution in [0.15, 0.2) is 49.1 Å². The molecule has 2 rings (SSSR count). The first-order valence-corrected chi connectivity index (χ1v) is 8.10. The van der Waals surface area contributed by atoms with Crippen molar-refractivity contribution in [3.63, 3.8) is 0 Å². The van der Waals surface area contributed by atoms with Crippen molar-refractivity contribution in [2.24, 2.45) is 7.05 Å². The van der Waals surface area contributed by atoms with Gasteiger partial charge in [0.05, 0.1) is 13.6 Å². The largest absolute Gasteiger partial charge is 0.460 e. The van der Waals surface area contributed by atoms with Crippen molar-refractivity contribution in [2.75, 3.05) is 7.11 Å². The lowest BCUT2D eigenvalue weighted by molar-refractivity contribution is -0.671. The van der Waals surface area contributed by atoms with Crippen LogP contribution in [0.4, 0.5) is 13.2 Å². The van der Waals surface area contributed by atoms with Crippen LogP contribution in [-0.4, -0.2) is 29.9 Å². The number of alkyl halides is 3. The molecule has 2 atom stereocenters. The van der Waals surface area contributed by atoms with Gasteiger partial charge in [0.25, 0.3) is 5.60 Å². The predicted molar refractivity (Wildman–Crippen MR) is 87.0 cm³/mol. The molecule has 0 fully saturated rings. The molecule has 0 spiro atoms. The molecule has 0 saturated heterocycles. The van der Waals surface area contributed by atoms with E-state index in [1.54, 1.807) is 13.0 Å². The van der Waals surface area contributed by atoms with Gasteiger partial charge < -0.3 is 9.47 Å². The highest BCUT2D eigenvalue weighted by Gasteiger charge is 2.64. The van der Waals surface area contributed by atoms with Gasteiger partial charge >= 0.3 is 12.1 Å². The summed E-state index contributed by atoms with van der Waals surface area (Å²) in [6.45, 7) is 2.07. The highest BCUT2D eigenvalue weighted by atomic mass is 19.4. The fourth-order valence-corrected chi connectivity index (χ4v) is 2.68. The third-order valence-electron chi connectivity index (χ3n) is 4.10. The molecule has 2 aromatic rings. The van der Waals surface area contributed by atoms with Crippen molar-refractivity contribution in [2.45, 2.75) is 37.8 Å². The monoisotopic (exact) mass is 371 g/mol. The molecule has 142 valence electrons. The van der Waals surface area contributed by atoms with E-state index in [0.29, 0.717) is 13.0 Å². The number of carbonyl (C=O) groups excluding carboxylic acids is 1. The van der Waals surface area contributed by atoms with Gasteiger partial charge in [-0.25, -0.2) is 13.9 Å². The lowest BCUT2D eigenvalue weighted by Gasteiger charge is -2.33. The number of rotatable bonds is 7. The number of imidazole rings is 1. The molecular formula is C18H22F3N2O3+. The van der Waals surface area contributed by atoms with Gasteiger partial charge in [-0.2, -0.15) is 13.2 Å². The van der Waals surface area contributed by atoms with Crippen LogP contribution in [0.2, 0.25) is 0 Å². The molecule has 0 aliphatic rings. The summed E-state index contributed by atoms with van der Waals surface area (Å²) in [6, 6.07) is 6.78. The summed E-state index contributed by atoms with van der Waals surface area (Å²) >= 11 is 0. The predicted octanol–water partition coefficient (Wildman–Crippen LogP) is 2.74. The second-order valence-electron chi connectivity index (χ2n) is 6.07. The number of ether oxygens (including phenoxy) is 2. The Morgan fingerprint density at radius 3 is 2.42 bits per heavy atom. The van der Waals surface area contributed by atoms with Gasteiger partial charge in [-0.15, -0.1) is 0 Å². The van der Waals surface area contributed by atoms with Gasteiger partial charge in [0.15, 0.2) is 0 Å². The molecule has 0 aliphatic carbocycles. The number of esters is 1. The minimum Gasteiger partial charge on any atom is -0.460 e. The second kappa shape index (κ2) is 7.90. The lowest BCUT2D eigenvalue weighted by Crippen LogP contribution is -2.52. The van der Waals surface area contributed by atoms with Crippen molar-refractivity contribution >= 4 is 5.97 Å². The third kappa shape index (κ3) is 4.07. The Balaban J connectivity index is 2.16. The molecule has 0 bridgehead atoms. The van der Waals surface area contributed by atoms with Crippen LogP contribution in [0.5, 0.6) is 0 Å². The van der Waals surface area contributed by atoms with Gasteiger partial charge in [-0.1, -0.05) is 30.3 Å². The second-order valence-corrected chi connectivity index (χ2v) is 6.07. The molecule has 8 heteroatoms. The molecule has 1 aromatic carbocycles. The molecule has 26 heavy (non-hydrogen) atoms. The minimum absolute atomic E-state index is 0.315. The smallest absolute Gasteiger partial charge is 0.432 e. The van der Waals surface area contributed by atoms with E-state index in [0.717, 1.165) is 7.11 Å². The maximum Gasteiger partial charge on any atom is 0.432 e. The first-order valence-electron chi connectivity index (χ1n) is 8.10. The van der Waals surface area contributed by atoms with E-state index >= 15 is 0 Å². The van der Waals surface area contributed by atoms with Crippen LogP contribution in [0.3, 0.4) is 0 Å². The van der Waals surface area contributed by atoms with Crippen molar-refractivity contribution in [3.8, 4) is 0 Å². The zero-order chi connectivity index (χ0) is 19.4. The highest BCUT2D eigenvalue weighted by Crippen LogP contribution is 2.43. The number of hydrogen-bond donors (Lipinski definition) is 0. The Bertz CT molecular complexity index is 731. The van der Waals surface area contributed by atoms with Crippen molar-refractivity contribution in [1.29, 1.82) is 0 Å². The van der Waals surface area contributed by atoms with E-state index < -0.39 is 23.9 Å². The number of methoxy groups -OCH3 is 1. The minimum atomic E-state index is -4.96. The van der Waals surface area contributed by atoms with Crippen molar-refractivity contribution in [1.82, 2.24) is 4.57 Å². The van der Waals surface area contributed by atoms with E-state index in [1.807, 2.05) is 34.9 Å². The van der Waals surface area contributed by atoms with Crippen LogP contribution < -0.4 is 4.57 Å². The summed E-state index contributed by atoms with van der Waals surface area (Å²) in [5, 5.41) is 0. The van der Waals surface area contributed by atoms with Crippen molar-refractivity contribution in [3.05, 3.63) is 54.6 Å². The van der Waals surface area contributed by atoms with Crippen LogP contribution in [-0.2, 0) is 33.5 Å². The maximum absolute atomic E-state index is 13.8. The average molecular weight is 371 g/mol. The summed E-state index contributed by atoms with van der Waals surface area (Å²) < 4.78 is 54.9. The number of aryl methyl sites for hydroxylation is 2.